The summed E-state index contributed by atoms with van der Waals surface area (Å²) in [5.74, 6) is -1.57. The average molecular weight is 946 g/mol. The van der Waals surface area contributed by atoms with Crippen molar-refractivity contribution in [2.75, 3.05) is 29.5 Å². The van der Waals surface area contributed by atoms with E-state index in [0.717, 1.165) is 73.8 Å². The van der Waals surface area contributed by atoms with E-state index in [1.807, 2.05) is 24.3 Å². The fraction of sp³-hybridized carbons (Fsp3) is 0.321. The van der Waals surface area contributed by atoms with E-state index in [1.165, 1.54) is 21.9 Å². The van der Waals surface area contributed by atoms with Gasteiger partial charge in [0.25, 0.3) is 20.2 Å². The lowest BCUT2D eigenvalue weighted by molar-refractivity contribution is -0.438. The molecule has 0 saturated heterocycles. The molecule has 0 saturated carbocycles. The molecule has 2 aliphatic heterocycles. The summed E-state index contributed by atoms with van der Waals surface area (Å²) >= 11 is 1.62. The maximum absolute atomic E-state index is 11.8. The highest BCUT2D eigenvalue weighted by molar-refractivity contribution is 8.03. The lowest BCUT2D eigenvalue weighted by atomic mass is 9.78. The minimum absolute atomic E-state index is 0.216. The Hall–Kier alpha value is -5.31. The number of carboxylic acids is 1. The third-order valence-electron chi connectivity index (χ3n) is 13.3. The van der Waals surface area contributed by atoms with Crippen LogP contribution in [-0.4, -0.2) is 71.9 Å². The highest BCUT2D eigenvalue weighted by Gasteiger charge is 2.46. The number of hydrogen-bond donors (Lipinski definition) is 3. The summed E-state index contributed by atoms with van der Waals surface area (Å²) in [6.45, 7) is 10.1. The molecule has 0 amide bonds. The van der Waals surface area contributed by atoms with Crippen molar-refractivity contribution in [3.05, 3.63) is 160 Å². The van der Waals surface area contributed by atoms with Crippen LogP contribution in [0.3, 0.4) is 0 Å². The molecule has 2 heterocycles. The van der Waals surface area contributed by atoms with Gasteiger partial charge >= 0.3 is 5.97 Å². The number of anilines is 1. The number of aromatic carboxylic acids is 1. The van der Waals surface area contributed by atoms with Gasteiger partial charge < -0.3 is 10.0 Å². The molecule has 344 valence electrons. The molecule has 5 aromatic rings. The molecule has 0 fully saturated rings. The number of allylic oxidation sites excluding steroid dienone is 7. The number of carboxylic acid groups (broad SMARTS) is 1. The monoisotopic (exact) mass is 945 g/mol. The van der Waals surface area contributed by atoms with Crippen LogP contribution < -0.4 is 4.90 Å². The van der Waals surface area contributed by atoms with Gasteiger partial charge in [0, 0.05) is 57.3 Å². The number of thioether (sulfide) groups is 1. The zero-order valence-electron chi connectivity index (χ0n) is 37.8. The van der Waals surface area contributed by atoms with Gasteiger partial charge in [-0.25, -0.2) is 4.79 Å². The SMILES string of the molecule is CC1(C)C(/C=C/C2=C(Sc3ccc(C(=O)O)cc3)C(=C/C=C3/N(CCCCS(=O)(=O)O)c4ccc5ccccc5c4C3(C)C)/CCC2)=[N+](CCCCS(=O)(=O)O)c2ccc3ccccc3c21. The smallest absolute Gasteiger partial charge is 0.335 e. The Labute approximate surface area is 392 Å². The molecule has 3 N–H and O–H groups in total. The van der Waals surface area contributed by atoms with Crippen LogP contribution in [-0.2, 0) is 31.1 Å². The van der Waals surface area contributed by atoms with E-state index in [-0.39, 0.29) is 17.1 Å². The van der Waals surface area contributed by atoms with E-state index in [4.69, 9.17) is 0 Å². The van der Waals surface area contributed by atoms with Crippen LogP contribution >= 0.6 is 11.8 Å². The maximum atomic E-state index is 11.8. The Morgan fingerprint density at radius 2 is 1.33 bits per heavy atom. The minimum Gasteiger partial charge on any atom is -0.478 e. The largest absolute Gasteiger partial charge is 0.478 e. The van der Waals surface area contributed by atoms with Crippen molar-refractivity contribution in [1.82, 2.24) is 0 Å². The van der Waals surface area contributed by atoms with Gasteiger partial charge in [-0.3, -0.25) is 9.11 Å². The summed E-state index contributed by atoms with van der Waals surface area (Å²) in [7, 11) is -8.17. The number of carbonyl (C=O) groups is 1. The number of fused-ring (bicyclic) bond motifs is 6. The number of benzene rings is 5. The van der Waals surface area contributed by atoms with Gasteiger partial charge in [-0.15, -0.1) is 0 Å². The second-order valence-electron chi connectivity index (χ2n) is 18.5. The summed E-state index contributed by atoms with van der Waals surface area (Å²) in [5.41, 5.74) is 8.45. The average Bonchev–Trinajstić information content (AvgIpc) is 3.63. The first-order valence-electron chi connectivity index (χ1n) is 22.5. The summed E-state index contributed by atoms with van der Waals surface area (Å²) < 4.78 is 67.9. The summed E-state index contributed by atoms with van der Waals surface area (Å²) in [5, 5.41) is 14.3. The summed E-state index contributed by atoms with van der Waals surface area (Å²) in [6, 6.07) is 32.3. The molecule has 10 nitrogen and oxygen atoms in total. The van der Waals surface area contributed by atoms with Crippen molar-refractivity contribution in [3.8, 4) is 0 Å². The van der Waals surface area contributed by atoms with Crippen molar-refractivity contribution < 1.29 is 40.4 Å². The minimum atomic E-state index is -4.08. The first-order chi connectivity index (χ1) is 31.3. The van der Waals surface area contributed by atoms with Crippen LogP contribution in [0.5, 0.6) is 0 Å². The molecule has 0 atom stereocenters. The third-order valence-corrected chi connectivity index (χ3v) is 16.1. The van der Waals surface area contributed by atoms with Gasteiger partial charge in [-0.2, -0.15) is 21.4 Å². The quantitative estimate of drug-likeness (QED) is 0.0495. The Balaban J connectivity index is 1.23. The van der Waals surface area contributed by atoms with E-state index in [0.29, 0.717) is 38.8 Å². The summed E-state index contributed by atoms with van der Waals surface area (Å²) in [6.07, 6.45) is 13.2. The molecule has 0 unspecified atom stereocenters. The molecule has 0 radical (unpaired) electrons. The van der Waals surface area contributed by atoms with Gasteiger partial charge in [0.2, 0.25) is 5.69 Å². The van der Waals surface area contributed by atoms with E-state index >= 15 is 0 Å². The van der Waals surface area contributed by atoms with Crippen LogP contribution in [0.4, 0.5) is 11.4 Å². The zero-order chi connectivity index (χ0) is 47.0. The number of nitrogens with zero attached hydrogens (tertiary/aromatic N) is 2. The van der Waals surface area contributed by atoms with Crippen molar-refractivity contribution in [2.24, 2.45) is 0 Å². The first-order valence-corrected chi connectivity index (χ1v) is 26.6. The Morgan fingerprint density at radius 1 is 0.712 bits per heavy atom. The van der Waals surface area contributed by atoms with E-state index in [9.17, 15) is 35.8 Å². The number of unbranched alkanes of at least 4 members (excludes halogenated alkanes) is 2. The standard InChI is InChI=1S/C53H56N2O8S3/c1-52(2)46(54(32-9-11-34-65(58,59)60)44-28-22-36-14-5-7-18-42(36)48(44)52)30-24-38-16-13-17-39(50(38)64-41-26-20-40(21-27-41)51(56)57)25-31-47-53(3,4)49-43-19-8-6-15-37(43)23-29-45(49)55(47)33-10-12-35-66(61,62)63/h5-8,14-15,18-31H,9-13,16-17,32-35H2,1-4H3,(H2-,56,57,58,59,60,61,62,63)/p+1. The molecule has 66 heavy (non-hydrogen) atoms. The van der Waals surface area contributed by atoms with Crippen LogP contribution in [0, 0.1) is 0 Å². The zero-order valence-corrected chi connectivity index (χ0v) is 40.3. The van der Waals surface area contributed by atoms with Crippen LogP contribution in [0.1, 0.15) is 94.1 Å². The number of rotatable bonds is 16. The fourth-order valence-corrected chi connectivity index (χ4v) is 12.4. The fourth-order valence-electron chi connectivity index (χ4n) is 10.2. The van der Waals surface area contributed by atoms with Crippen molar-refractivity contribution in [3.63, 3.8) is 0 Å². The maximum Gasteiger partial charge on any atom is 0.335 e. The van der Waals surface area contributed by atoms with Gasteiger partial charge in [0.15, 0.2) is 5.71 Å². The second-order valence-corrected chi connectivity index (χ2v) is 22.7. The lowest BCUT2D eigenvalue weighted by Gasteiger charge is -2.28. The molecule has 3 aliphatic rings. The summed E-state index contributed by atoms with van der Waals surface area (Å²) in [4.78, 5) is 16.1. The third kappa shape index (κ3) is 9.87. The first kappa shape index (κ1) is 47.2. The molecule has 5 aromatic carbocycles. The van der Waals surface area contributed by atoms with Crippen molar-refractivity contribution in [2.45, 2.75) is 88.4 Å². The predicted octanol–water partition coefficient (Wildman–Crippen LogP) is 11.8. The van der Waals surface area contributed by atoms with Gasteiger partial charge in [-0.1, -0.05) is 92.4 Å². The van der Waals surface area contributed by atoms with Gasteiger partial charge in [0.05, 0.1) is 22.5 Å². The highest BCUT2D eigenvalue weighted by atomic mass is 32.2. The van der Waals surface area contributed by atoms with Crippen molar-refractivity contribution in [1.29, 1.82) is 0 Å². The second kappa shape index (κ2) is 18.8. The molecule has 13 heteroatoms. The predicted molar refractivity (Wildman–Crippen MR) is 268 cm³/mol. The Bertz CT molecular complexity index is 3120. The van der Waals surface area contributed by atoms with Crippen molar-refractivity contribution >= 4 is 76.6 Å². The van der Waals surface area contributed by atoms with E-state index < -0.39 is 37.0 Å². The van der Waals surface area contributed by atoms with Crippen LogP contribution in [0.2, 0.25) is 0 Å². The lowest BCUT2D eigenvalue weighted by Crippen LogP contribution is -2.28. The van der Waals surface area contributed by atoms with Crippen LogP contribution in [0.25, 0.3) is 21.5 Å². The Kier molecular flexibility index (Phi) is 13.4. The topological polar surface area (TPSA) is 152 Å². The van der Waals surface area contributed by atoms with E-state index in [2.05, 4.69) is 122 Å². The van der Waals surface area contributed by atoms with Gasteiger partial charge in [0.1, 0.15) is 6.54 Å². The molecular formula is C53H57N2O8S3+. The molecule has 0 spiro atoms. The molecule has 0 aromatic heterocycles. The Morgan fingerprint density at radius 3 is 1.98 bits per heavy atom. The number of hydrogen-bond acceptors (Lipinski definition) is 7. The normalized spacial score (nSPS) is 18.4. The molecular weight excluding hydrogens is 889 g/mol. The molecule has 1 aliphatic carbocycles. The highest BCUT2D eigenvalue weighted by Crippen LogP contribution is 2.52. The van der Waals surface area contributed by atoms with Gasteiger partial charge in [-0.05, 0) is 133 Å². The molecule has 8 rings (SSSR count). The van der Waals surface area contributed by atoms with Crippen LogP contribution in [0.15, 0.2) is 148 Å². The van der Waals surface area contributed by atoms with E-state index in [1.54, 1.807) is 23.9 Å². The molecule has 0 bridgehead atoms.